The Balaban J connectivity index is 2.10. The molecule has 0 spiro atoms. The Kier molecular flexibility index (Phi) is 3.38. The second kappa shape index (κ2) is 5.09. The van der Waals surface area contributed by atoms with Crippen LogP contribution in [0.5, 0.6) is 0 Å². The monoisotopic (exact) mass is 322 g/mol. The molecule has 0 saturated heterocycles. The Bertz CT molecular complexity index is 867. The summed E-state index contributed by atoms with van der Waals surface area (Å²) < 4.78 is 2.45. The lowest BCUT2D eigenvalue weighted by Crippen LogP contribution is -2.39. The molecule has 1 aliphatic heterocycles. The smallest absolute Gasteiger partial charge is 0.280 e. The standard InChI is InChI=1S/C13H11ClN4O2S/c1-17-10-9(12(19)18(2)13(17)20)21-11(16-15-10)7-3-5-8(14)6-4-7/h3-6,15H,1-2H3. The highest BCUT2D eigenvalue weighted by Gasteiger charge is 2.22. The van der Waals surface area contributed by atoms with Crippen molar-refractivity contribution in [1.82, 2.24) is 9.13 Å². The first-order valence-corrected chi connectivity index (χ1v) is 7.26. The van der Waals surface area contributed by atoms with E-state index in [2.05, 4.69) is 10.5 Å². The quantitative estimate of drug-likeness (QED) is 0.866. The maximum absolute atomic E-state index is 12.2. The van der Waals surface area contributed by atoms with Gasteiger partial charge in [0.2, 0.25) is 0 Å². The average molecular weight is 323 g/mol. The van der Waals surface area contributed by atoms with Crippen molar-refractivity contribution < 1.29 is 0 Å². The normalized spacial score (nSPS) is 13.4. The molecule has 0 atom stereocenters. The van der Waals surface area contributed by atoms with Crippen LogP contribution in [0.1, 0.15) is 5.56 Å². The summed E-state index contributed by atoms with van der Waals surface area (Å²) in [6.45, 7) is 0. The molecule has 0 unspecified atom stereocenters. The molecule has 21 heavy (non-hydrogen) atoms. The third kappa shape index (κ3) is 2.28. The van der Waals surface area contributed by atoms with Crippen LogP contribution in [0, 0.1) is 0 Å². The molecule has 1 aromatic carbocycles. The average Bonchev–Trinajstić information content (AvgIpc) is 2.51. The van der Waals surface area contributed by atoms with Crippen molar-refractivity contribution in [2.75, 3.05) is 5.43 Å². The van der Waals surface area contributed by atoms with Gasteiger partial charge in [-0.3, -0.25) is 19.4 Å². The summed E-state index contributed by atoms with van der Waals surface area (Å²) in [6.07, 6.45) is 0. The van der Waals surface area contributed by atoms with Gasteiger partial charge in [0.25, 0.3) is 5.56 Å². The molecule has 2 heterocycles. The number of nitrogens with one attached hydrogen (secondary N) is 1. The van der Waals surface area contributed by atoms with E-state index < -0.39 is 5.69 Å². The first-order chi connectivity index (χ1) is 9.99. The molecule has 3 rings (SSSR count). The van der Waals surface area contributed by atoms with Gasteiger partial charge in [-0.1, -0.05) is 35.5 Å². The lowest BCUT2D eigenvalue weighted by Gasteiger charge is -2.19. The number of hydrogen-bond donors (Lipinski definition) is 1. The molecule has 2 aromatic rings. The summed E-state index contributed by atoms with van der Waals surface area (Å²) in [4.78, 5) is 24.5. The van der Waals surface area contributed by atoms with Crippen molar-refractivity contribution in [2.45, 2.75) is 4.90 Å². The molecular formula is C13H11ClN4O2S. The van der Waals surface area contributed by atoms with Crippen LogP contribution in [-0.4, -0.2) is 14.2 Å². The van der Waals surface area contributed by atoms with Gasteiger partial charge in [0, 0.05) is 24.7 Å². The SMILES string of the molecule is Cn1c2c(c(=O)n(C)c1=O)SC(c1ccc(Cl)cc1)=NN2. The van der Waals surface area contributed by atoms with Crippen LogP contribution in [0.4, 0.5) is 5.82 Å². The molecule has 1 aliphatic rings. The van der Waals surface area contributed by atoms with Crippen LogP contribution in [0.2, 0.25) is 5.02 Å². The molecule has 8 heteroatoms. The fourth-order valence-electron chi connectivity index (χ4n) is 1.97. The van der Waals surface area contributed by atoms with Gasteiger partial charge in [-0.15, -0.1) is 0 Å². The van der Waals surface area contributed by atoms with Crippen LogP contribution in [0.15, 0.2) is 43.9 Å². The summed E-state index contributed by atoms with van der Waals surface area (Å²) >= 11 is 7.09. The summed E-state index contributed by atoms with van der Waals surface area (Å²) in [5.74, 6) is 0.408. The second-order valence-electron chi connectivity index (χ2n) is 4.52. The van der Waals surface area contributed by atoms with E-state index in [1.54, 1.807) is 19.2 Å². The number of thioether (sulfide) groups is 1. The van der Waals surface area contributed by atoms with Gasteiger partial charge in [0.1, 0.15) is 15.8 Å². The summed E-state index contributed by atoms with van der Waals surface area (Å²) in [5, 5.41) is 5.50. The number of anilines is 1. The Hall–Kier alpha value is -1.99. The Morgan fingerprint density at radius 1 is 1.14 bits per heavy atom. The van der Waals surface area contributed by atoms with Crippen molar-refractivity contribution in [3.05, 3.63) is 55.7 Å². The minimum Gasteiger partial charge on any atom is -0.280 e. The van der Waals surface area contributed by atoms with E-state index in [1.165, 1.54) is 23.4 Å². The number of nitrogens with zero attached hydrogens (tertiary/aromatic N) is 3. The zero-order valence-corrected chi connectivity index (χ0v) is 12.8. The number of benzene rings is 1. The Labute approximate surface area is 129 Å². The maximum Gasteiger partial charge on any atom is 0.332 e. The first kappa shape index (κ1) is 14.0. The van der Waals surface area contributed by atoms with Crippen LogP contribution >= 0.6 is 23.4 Å². The van der Waals surface area contributed by atoms with Gasteiger partial charge in [0.05, 0.1) is 0 Å². The predicted molar refractivity (Wildman–Crippen MR) is 84.4 cm³/mol. The maximum atomic E-state index is 12.2. The molecule has 0 bridgehead atoms. The molecule has 108 valence electrons. The summed E-state index contributed by atoms with van der Waals surface area (Å²) in [5.41, 5.74) is 2.90. The van der Waals surface area contributed by atoms with Gasteiger partial charge >= 0.3 is 5.69 Å². The predicted octanol–water partition coefficient (Wildman–Crippen LogP) is 1.62. The van der Waals surface area contributed by atoms with E-state index in [4.69, 9.17) is 11.6 Å². The minimum atomic E-state index is -0.392. The minimum absolute atomic E-state index is 0.341. The van der Waals surface area contributed by atoms with Crippen molar-refractivity contribution in [2.24, 2.45) is 19.2 Å². The molecule has 0 aliphatic carbocycles. The summed E-state index contributed by atoms with van der Waals surface area (Å²) in [7, 11) is 3.05. The van der Waals surface area contributed by atoms with E-state index in [0.29, 0.717) is 20.8 Å². The van der Waals surface area contributed by atoms with E-state index in [1.807, 2.05) is 12.1 Å². The van der Waals surface area contributed by atoms with E-state index in [0.717, 1.165) is 10.1 Å². The van der Waals surface area contributed by atoms with Gasteiger partial charge in [0.15, 0.2) is 0 Å². The zero-order valence-electron chi connectivity index (χ0n) is 11.3. The van der Waals surface area contributed by atoms with Crippen LogP contribution < -0.4 is 16.7 Å². The molecule has 6 nitrogen and oxygen atoms in total. The topological polar surface area (TPSA) is 68.4 Å². The lowest BCUT2D eigenvalue weighted by atomic mass is 10.2. The Morgan fingerprint density at radius 3 is 2.48 bits per heavy atom. The number of fused-ring (bicyclic) bond motifs is 1. The zero-order chi connectivity index (χ0) is 15.1. The largest absolute Gasteiger partial charge is 0.332 e. The van der Waals surface area contributed by atoms with Crippen LogP contribution in [0.25, 0.3) is 0 Å². The van der Waals surface area contributed by atoms with Gasteiger partial charge < -0.3 is 0 Å². The lowest BCUT2D eigenvalue weighted by molar-refractivity contribution is 0.667. The van der Waals surface area contributed by atoms with E-state index >= 15 is 0 Å². The fourth-order valence-corrected chi connectivity index (χ4v) is 3.14. The molecule has 1 N–H and O–H groups in total. The van der Waals surface area contributed by atoms with Crippen molar-refractivity contribution in [1.29, 1.82) is 0 Å². The number of halogens is 1. The molecule has 1 aromatic heterocycles. The third-order valence-electron chi connectivity index (χ3n) is 3.18. The van der Waals surface area contributed by atoms with E-state index in [-0.39, 0.29) is 5.56 Å². The fraction of sp³-hybridized carbons (Fsp3) is 0.154. The highest BCUT2D eigenvalue weighted by Crippen LogP contribution is 2.30. The number of hydrazone groups is 1. The van der Waals surface area contributed by atoms with Crippen LogP contribution in [0.3, 0.4) is 0 Å². The van der Waals surface area contributed by atoms with Crippen LogP contribution in [-0.2, 0) is 14.1 Å². The first-order valence-electron chi connectivity index (χ1n) is 6.06. The summed E-state index contributed by atoms with van der Waals surface area (Å²) in [6, 6.07) is 7.17. The number of hydrogen-bond acceptors (Lipinski definition) is 5. The number of rotatable bonds is 1. The van der Waals surface area contributed by atoms with Gasteiger partial charge in [-0.2, -0.15) is 5.10 Å². The molecule has 0 radical (unpaired) electrons. The Morgan fingerprint density at radius 2 is 1.81 bits per heavy atom. The molecule has 0 amide bonds. The molecule has 0 saturated carbocycles. The number of aromatic nitrogens is 2. The van der Waals surface area contributed by atoms with E-state index in [9.17, 15) is 9.59 Å². The van der Waals surface area contributed by atoms with Crippen molar-refractivity contribution >= 4 is 34.2 Å². The third-order valence-corrected chi connectivity index (χ3v) is 4.52. The highest BCUT2D eigenvalue weighted by atomic mass is 35.5. The van der Waals surface area contributed by atoms with Gasteiger partial charge in [-0.05, 0) is 12.1 Å². The van der Waals surface area contributed by atoms with Crippen molar-refractivity contribution in [3.8, 4) is 0 Å². The highest BCUT2D eigenvalue weighted by molar-refractivity contribution is 8.14. The second-order valence-corrected chi connectivity index (χ2v) is 5.96. The van der Waals surface area contributed by atoms with Gasteiger partial charge in [-0.25, -0.2) is 4.79 Å². The molecule has 0 fully saturated rings. The van der Waals surface area contributed by atoms with Crippen molar-refractivity contribution in [3.63, 3.8) is 0 Å². The molecular weight excluding hydrogens is 312 g/mol.